The van der Waals surface area contributed by atoms with Crippen LogP contribution in [-0.4, -0.2) is 40.6 Å². The van der Waals surface area contributed by atoms with Crippen molar-refractivity contribution in [3.8, 4) is 11.8 Å². The zero-order chi connectivity index (χ0) is 14.5. The number of carbonyl (C=O) groups excluding carboxylic acids is 1. The van der Waals surface area contributed by atoms with Crippen LogP contribution in [0.5, 0.6) is 0 Å². The molecular formula is C16H20N2O2. The second-order valence-electron chi connectivity index (χ2n) is 5.58. The molecule has 2 unspecified atom stereocenters. The second kappa shape index (κ2) is 6.53. The molecule has 0 radical (unpaired) electrons. The van der Waals surface area contributed by atoms with E-state index in [1.807, 2.05) is 4.90 Å². The number of piperidine rings is 1. The molecule has 2 rings (SSSR count). The van der Waals surface area contributed by atoms with E-state index in [0.29, 0.717) is 23.0 Å². The van der Waals surface area contributed by atoms with E-state index >= 15 is 0 Å². The third-order valence-electron chi connectivity index (χ3n) is 3.45. The maximum absolute atomic E-state index is 12.5. The Bertz CT molecular complexity index is 535. The summed E-state index contributed by atoms with van der Waals surface area (Å²) in [5.74, 6) is 6.43. The number of pyridine rings is 1. The highest BCUT2D eigenvalue weighted by atomic mass is 16.2. The van der Waals surface area contributed by atoms with Gasteiger partial charge in [0, 0.05) is 31.0 Å². The Morgan fingerprint density at radius 2 is 2.10 bits per heavy atom. The highest BCUT2D eigenvalue weighted by Gasteiger charge is 2.26. The number of likely N-dealkylation sites (tertiary alicyclic amines) is 1. The zero-order valence-corrected chi connectivity index (χ0v) is 12.0. The molecule has 2 atom stereocenters. The number of aliphatic hydroxyl groups excluding tert-OH is 1. The summed E-state index contributed by atoms with van der Waals surface area (Å²) in [6.45, 7) is 5.76. The zero-order valence-electron chi connectivity index (χ0n) is 12.0. The number of rotatable bonds is 1. The lowest BCUT2D eigenvalue weighted by Gasteiger charge is -2.35. The topological polar surface area (TPSA) is 53.4 Å². The van der Waals surface area contributed by atoms with Crippen molar-refractivity contribution >= 4 is 5.91 Å². The van der Waals surface area contributed by atoms with Crippen LogP contribution in [0.3, 0.4) is 0 Å². The van der Waals surface area contributed by atoms with Crippen LogP contribution in [0.1, 0.15) is 36.2 Å². The molecule has 4 nitrogen and oxygen atoms in total. The molecule has 2 heterocycles. The van der Waals surface area contributed by atoms with Gasteiger partial charge in [0.25, 0.3) is 5.91 Å². The monoisotopic (exact) mass is 272 g/mol. The summed E-state index contributed by atoms with van der Waals surface area (Å²) >= 11 is 0. The van der Waals surface area contributed by atoms with Crippen LogP contribution in [0.2, 0.25) is 0 Å². The van der Waals surface area contributed by atoms with Crippen LogP contribution >= 0.6 is 0 Å². The van der Waals surface area contributed by atoms with E-state index in [2.05, 4.69) is 30.7 Å². The molecule has 0 spiro atoms. The average molecular weight is 272 g/mol. The Morgan fingerprint density at radius 1 is 1.40 bits per heavy atom. The molecule has 1 N–H and O–H groups in total. The molecule has 4 heteroatoms. The van der Waals surface area contributed by atoms with Crippen LogP contribution < -0.4 is 0 Å². The van der Waals surface area contributed by atoms with Gasteiger partial charge < -0.3 is 10.0 Å². The van der Waals surface area contributed by atoms with Gasteiger partial charge in [-0.25, -0.2) is 0 Å². The first kappa shape index (κ1) is 14.5. The minimum atomic E-state index is -0.195. The van der Waals surface area contributed by atoms with Crippen molar-refractivity contribution < 1.29 is 9.90 Å². The first-order valence-corrected chi connectivity index (χ1v) is 6.94. The molecule has 106 valence electrons. The van der Waals surface area contributed by atoms with Gasteiger partial charge in [-0.2, -0.15) is 0 Å². The molecule has 1 aliphatic heterocycles. The van der Waals surface area contributed by atoms with Gasteiger partial charge in [0.1, 0.15) is 6.61 Å². The maximum Gasteiger partial charge on any atom is 0.255 e. The molecule has 0 saturated carbocycles. The fraction of sp³-hybridized carbons (Fsp3) is 0.500. The van der Waals surface area contributed by atoms with E-state index in [9.17, 15) is 4.79 Å². The van der Waals surface area contributed by atoms with Gasteiger partial charge >= 0.3 is 0 Å². The predicted octanol–water partition coefficient (Wildman–Crippen LogP) is 1.54. The third kappa shape index (κ3) is 3.58. The molecule has 1 aromatic rings. The molecule has 1 aromatic heterocycles. The summed E-state index contributed by atoms with van der Waals surface area (Å²) in [6, 6.07) is 1.74. The van der Waals surface area contributed by atoms with Crippen LogP contribution in [0.25, 0.3) is 0 Å². The van der Waals surface area contributed by atoms with Gasteiger partial charge in [0.2, 0.25) is 0 Å². The average Bonchev–Trinajstić information content (AvgIpc) is 2.43. The molecule has 0 bridgehead atoms. The van der Waals surface area contributed by atoms with Gasteiger partial charge in [-0.1, -0.05) is 25.7 Å². The largest absolute Gasteiger partial charge is 0.384 e. The minimum absolute atomic E-state index is 0.0172. The lowest BCUT2D eigenvalue weighted by molar-refractivity contribution is 0.0622. The highest BCUT2D eigenvalue weighted by Crippen LogP contribution is 2.22. The number of amides is 1. The first-order valence-electron chi connectivity index (χ1n) is 6.94. The van der Waals surface area contributed by atoms with Gasteiger partial charge in [-0.3, -0.25) is 9.78 Å². The smallest absolute Gasteiger partial charge is 0.255 e. The van der Waals surface area contributed by atoms with E-state index in [0.717, 1.165) is 13.1 Å². The lowest BCUT2D eigenvalue weighted by atomic mass is 9.91. The van der Waals surface area contributed by atoms with Gasteiger partial charge in [0.05, 0.1) is 5.56 Å². The van der Waals surface area contributed by atoms with Crippen molar-refractivity contribution in [3.05, 3.63) is 29.6 Å². The fourth-order valence-electron chi connectivity index (χ4n) is 2.78. The predicted molar refractivity (Wildman–Crippen MR) is 77.0 cm³/mol. The van der Waals surface area contributed by atoms with E-state index in [4.69, 9.17) is 5.11 Å². The summed E-state index contributed by atoms with van der Waals surface area (Å²) in [4.78, 5) is 18.5. The number of nitrogens with zero attached hydrogens (tertiary/aromatic N) is 2. The standard InChI is InChI=1S/C16H20N2O2/c1-12-6-13(2)11-18(10-12)16(20)15-7-14(4-3-5-19)8-17-9-15/h7-9,12-13,19H,5-6,10-11H2,1-2H3. The normalized spacial score (nSPS) is 22.1. The van der Waals surface area contributed by atoms with Crippen molar-refractivity contribution in [2.75, 3.05) is 19.7 Å². The Hall–Kier alpha value is -1.86. The minimum Gasteiger partial charge on any atom is -0.384 e. The Morgan fingerprint density at radius 3 is 2.75 bits per heavy atom. The van der Waals surface area contributed by atoms with Crippen LogP contribution in [0.15, 0.2) is 18.5 Å². The summed E-state index contributed by atoms with van der Waals surface area (Å²) in [5, 5.41) is 8.70. The summed E-state index contributed by atoms with van der Waals surface area (Å²) in [7, 11) is 0. The molecule has 20 heavy (non-hydrogen) atoms. The molecule has 0 aliphatic carbocycles. The second-order valence-corrected chi connectivity index (χ2v) is 5.58. The van der Waals surface area contributed by atoms with Crippen LogP contribution in [0, 0.1) is 23.7 Å². The molecule has 1 fully saturated rings. The number of hydrogen-bond donors (Lipinski definition) is 1. The number of aliphatic hydroxyl groups is 1. The van der Waals surface area contributed by atoms with Gasteiger partial charge in [-0.15, -0.1) is 0 Å². The van der Waals surface area contributed by atoms with Gasteiger partial charge in [-0.05, 0) is 24.3 Å². The molecule has 0 aromatic carbocycles. The summed E-state index contributed by atoms with van der Waals surface area (Å²) < 4.78 is 0. The SMILES string of the molecule is CC1CC(C)CN(C(=O)c2cncc(C#CCO)c2)C1. The molecular weight excluding hydrogens is 252 g/mol. The van der Waals surface area contributed by atoms with Crippen LogP contribution in [0.4, 0.5) is 0 Å². The highest BCUT2D eigenvalue weighted by molar-refractivity contribution is 5.94. The number of carbonyl (C=O) groups is 1. The molecule has 1 saturated heterocycles. The number of aromatic nitrogens is 1. The number of hydrogen-bond acceptors (Lipinski definition) is 3. The fourth-order valence-corrected chi connectivity index (χ4v) is 2.78. The summed E-state index contributed by atoms with van der Waals surface area (Å²) in [6.07, 6.45) is 4.35. The van der Waals surface area contributed by atoms with Crippen molar-refractivity contribution in [2.45, 2.75) is 20.3 Å². The van der Waals surface area contributed by atoms with Gasteiger partial charge in [0.15, 0.2) is 0 Å². The van der Waals surface area contributed by atoms with Crippen LogP contribution in [-0.2, 0) is 0 Å². The lowest BCUT2D eigenvalue weighted by Crippen LogP contribution is -2.42. The Kier molecular flexibility index (Phi) is 4.75. The molecule has 1 aliphatic rings. The quantitative estimate of drug-likeness (QED) is 0.789. The van der Waals surface area contributed by atoms with Crippen molar-refractivity contribution in [3.63, 3.8) is 0 Å². The Balaban J connectivity index is 2.16. The molecule has 1 amide bonds. The van der Waals surface area contributed by atoms with Crippen molar-refractivity contribution in [2.24, 2.45) is 11.8 Å². The maximum atomic E-state index is 12.5. The van der Waals surface area contributed by atoms with E-state index < -0.39 is 0 Å². The van der Waals surface area contributed by atoms with Crippen molar-refractivity contribution in [1.82, 2.24) is 9.88 Å². The van der Waals surface area contributed by atoms with E-state index in [-0.39, 0.29) is 12.5 Å². The Labute approximate surface area is 119 Å². The first-order chi connectivity index (χ1) is 9.60. The third-order valence-corrected chi connectivity index (χ3v) is 3.45. The van der Waals surface area contributed by atoms with Crippen molar-refractivity contribution in [1.29, 1.82) is 0 Å². The van der Waals surface area contributed by atoms with E-state index in [1.165, 1.54) is 6.42 Å². The van der Waals surface area contributed by atoms with E-state index in [1.54, 1.807) is 18.5 Å². The summed E-state index contributed by atoms with van der Waals surface area (Å²) in [5.41, 5.74) is 1.22.